The van der Waals surface area contributed by atoms with Crippen LogP contribution in [0.5, 0.6) is 0 Å². The first-order valence-corrected chi connectivity index (χ1v) is 8.60. The van der Waals surface area contributed by atoms with E-state index in [2.05, 4.69) is 0 Å². The van der Waals surface area contributed by atoms with Gasteiger partial charge < -0.3 is 0 Å². The summed E-state index contributed by atoms with van der Waals surface area (Å²) in [6, 6.07) is 12.1. The van der Waals surface area contributed by atoms with E-state index in [0.29, 0.717) is 16.3 Å². The highest BCUT2D eigenvalue weighted by molar-refractivity contribution is 6.27. The highest BCUT2D eigenvalue weighted by Crippen LogP contribution is 2.38. The summed E-state index contributed by atoms with van der Waals surface area (Å²) in [7, 11) is 0. The molecule has 0 fully saturated rings. The van der Waals surface area contributed by atoms with Gasteiger partial charge in [0.05, 0.1) is 16.7 Å². The van der Waals surface area contributed by atoms with Gasteiger partial charge in [0.1, 0.15) is 18.2 Å². The summed E-state index contributed by atoms with van der Waals surface area (Å²) < 4.78 is 0. The standard InChI is InChI=1S/C23H13N3O3/c1-11(27)15-6-4-5-14-7-16-17(8-24)18(9-25)19(10-26)20(12(2)28)23(16)21(13(3)29)22(14)15/h4-7H,1-3H3. The molecule has 0 saturated carbocycles. The Labute approximate surface area is 166 Å². The van der Waals surface area contributed by atoms with Crippen molar-refractivity contribution in [3.63, 3.8) is 0 Å². The molecule has 3 rings (SSSR count). The molecule has 0 aliphatic rings. The molecule has 0 atom stereocenters. The lowest BCUT2D eigenvalue weighted by Gasteiger charge is -2.17. The lowest BCUT2D eigenvalue weighted by molar-refractivity contribution is 0.101. The second kappa shape index (κ2) is 7.00. The number of hydrogen-bond acceptors (Lipinski definition) is 6. The fourth-order valence-corrected chi connectivity index (χ4v) is 3.76. The van der Waals surface area contributed by atoms with Gasteiger partial charge in [0, 0.05) is 32.8 Å². The number of Topliss-reactive ketones (excluding diaryl/α,β-unsaturated/α-hetero) is 3. The van der Waals surface area contributed by atoms with Crippen molar-refractivity contribution in [2.75, 3.05) is 0 Å². The summed E-state index contributed by atoms with van der Waals surface area (Å²) in [6.07, 6.45) is 0. The van der Waals surface area contributed by atoms with Crippen molar-refractivity contribution in [1.82, 2.24) is 0 Å². The molecule has 0 N–H and O–H groups in total. The van der Waals surface area contributed by atoms with Crippen LogP contribution in [-0.2, 0) is 0 Å². The molecule has 0 aliphatic carbocycles. The molecule has 0 saturated heterocycles. The van der Waals surface area contributed by atoms with Crippen LogP contribution in [0.25, 0.3) is 21.5 Å². The molecule has 0 amide bonds. The van der Waals surface area contributed by atoms with Crippen LogP contribution in [0.3, 0.4) is 0 Å². The lowest BCUT2D eigenvalue weighted by Crippen LogP contribution is -2.10. The number of hydrogen-bond donors (Lipinski definition) is 0. The minimum Gasteiger partial charge on any atom is -0.294 e. The number of nitrogens with zero attached hydrogens (tertiary/aromatic N) is 3. The van der Waals surface area contributed by atoms with Crippen molar-refractivity contribution < 1.29 is 14.4 Å². The maximum absolute atomic E-state index is 12.7. The molecule has 0 spiro atoms. The Bertz CT molecular complexity index is 1410. The molecule has 6 nitrogen and oxygen atoms in total. The van der Waals surface area contributed by atoms with Crippen LogP contribution in [0.1, 0.15) is 68.5 Å². The Morgan fingerprint density at radius 2 is 1.31 bits per heavy atom. The molecule has 138 valence electrons. The SMILES string of the molecule is CC(=O)c1cccc2cc3c(C#N)c(C#N)c(C#N)c(C(C)=O)c3c(C(C)=O)c12. The first kappa shape index (κ1) is 19.4. The minimum atomic E-state index is -0.519. The second-order valence-electron chi connectivity index (χ2n) is 6.58. The van der Waals surface area contributed by atoms with Gasteiger partial charge in [-0.25, -0.2) is 0 Å². The van der Waals surface area contributed by atoms with Crippen molar-refractivity contribution in [3.05, 3.63) is 57.6 Å². The summed E-state index contributed by atoms with van der Waals surface area (Å²) in [6.45, 7) is 3.90. The van der Waals surface area contributed by atoms with Crippen LogP contribution in [-0.4, -0.2) is 17.3 Å². The molecule has 29 heavy (non-hydrogen) atoms. The third kappa shape index (κ3) is 2.74. The third-order valence-electron chi connectivity index (χ3n) is 4.85. The van der Waals surface area contributed by atoms with Crippen LogP contribution in [0, 0.1) is 34.0 Å². The van der Waals surface area contributed by atoms with Crippen molar-refractivity contribution in [2.45, 2.75) is 20.8 Å². The maximum atomic E-state index is 12.7. The fraction of sp³-hybridized carbons (Fsp3) is 0.130. The normalized spacial score (nSPS) is 10.2. The Balaban J connectivity index is 2.89. The Hall–Kier alpha value is -4.34. The molecular weight excluding hydrogens is 366 g/mol. The van der Waals surface area contributed by atoms with Crippen molar-refractivity contribution in [2.24, 2.45) is 0 Å². The third-order valence-corrected chi connectivity index (χ3v) is 4.85. The van der Waals surface area contributed by atoms with Crippen LogP contribution in [0.2, 0.25) is 0 Å². The molecule has 6 heteroatoms. The van der Waals surface area contributed by atoms with Crippen molar-refractivity contribution in [1.29, 1.82) is 15.8 Å². The quantitative estimate of drug-likeness (QED) is 0.496. The van der Waals surface area contributed by atoms with E-state index in [1.165, 1.54) is 20.8 Å². The summed E-state index contributed by atoms with van der Waals surface area (Å²) in [5.41, 5.74) is -0.239. The molecule has 0 aliphatic heterocycles. The Kier molecular flexibility index (Phi) is 4.69. The Morgan fingerprint density at radius 3 is 1.79 bits per heavy atom. The van der Waals surface area contributed by atoms with Crippen LogP contribution in [0.4, 0.5) is 0 Å². The van der Waals surface area contributed by atoms with Crippen LogP contribution >= 0.6 is 0 Å². The van der Waals surface area contributed by atoms with Crippen LogP contribution < -0.4 is 0 Å². The van der Waals surface area contributed by atoms with Crippen molar-refractivity contribution in [3.8, 4) is 18.2 Å². The first-order chi connectivity index (χ1) is 13.8. The predicted molar refractivity (Wildman–Crippen MR) is 106 cm³/mol. The van der Waals surface area contributed by atoms with Gasteiger partial charge in [-0.05, 0) is 32.2 Å². The van der Waals surface area contributed by atoms with E-state index < -0.39 is 11.6 Å². The topological polar surface area (TPSA) is 123 Å². The minimum absolute atomic E-state index is 0.0818. The summed E-state index contributed by atoms with van der Waals surface area (Å²) in [5.74, 6) is -1.21. The predicted octanol–water partition coefficient (Wildman–Crippen LogP) is 4.22. The van der Waals surface area contributed by atoms with Crippen LogP contribution in [0.15, 0.2) is 24.3 Å². The summed E-state index contributed by atoms with van der Waals surface area (Å²) in [5, 5.41) is 30.1. The zero-order valence-electron chi connectivity index (χ0n) is 15.9. The molecule has 0 aromatic heterocycles. The lowest BCUT2D eigenvalue weighted by atomic mass is 9.82. The molecule has 0 bridgehead atoms. The van der Waals surface area contributed by atoms with Gasteiger partial charge in [0.15, 0.2) is 17.3 Å². The number of benzene rings is 3. The highest BCUT2D eigenvalue weighted by Gasteiger charge is 2.27. The fourth-order valence-electron chi connectivity index (χ4n) is 3.76. The molecule has 3 aromatic rings. The average molecular weight is 379 g/mol. The van der Waals surface area contributed by atoms with E-state index in [0.717, 1.165) is 0 Å². The van der Waals surface area contributed by atoms with E-state index in [9.17, 15) is 30.2 Å². The number of fused-ring (bicyclic) bond motifs is 2. The van der Waals surface area contributed by atoms with E-state index in [1.807, 2.05) is 18.2 Å². The van der Waals surface area contributed by atoms with Gasteiger partial charge in [-0.2, -0.15) is 15.8 Å². The number of ketones is 3. The van der Waals surface area contributed by atoms with Gasteiger partial charge in [0.25, 0.3) is 0 Å². The molecule has 3 aromatic carbocycles. The monoisotopic (exact) mass is 379 g/mol. The van der Waals surface area contributed by atoms with Gasteiger partial charge in [-0.15, -0.1) is 0 Å². The summed E-state index contributed by atoms with van der Waals surface area (Å²) in [4.78, 5) is 37.4. The molecular formula is C23H13N3O3. The number of nitriles is 3. The van der Waals surface area contributed by atoms with Gasteiger partial charge >= 0.3 is 0 Å². The molecule has 0 radical (unpaired) electrons. The zero-order valence-corrected chi connectivity index (χ0v) is 15.9. The number of carbonyl (C=O) groups excluding carboxylic acids is 3. The van der Waals surface area contributed by atoms with Gasteiger partial charge in [-0.3, -0.25) is 14.4 Å². The molecule has 0 unspecified atom stereocenters. The number of carbonyl (C=O) groups is 3. The van der Waals surface area contributed by atoms with Crippen molar-refractivity contribution >= 4 is 38.9 Å². The number of rotatable bonds is 3. The zero-order chi connectivity index (χ0) is 21.5. The van der Waals surface area contributed by atoms with E-state index in [1.54, 1.807) is 24.3 Å². The van der Waals surface area contributed by atoms with E-state index in [4.69, 9.17) is 0 Å². The summed E-state index contributed by atoms with van der Waals surface area (Å²) >= 11 is 0. The largest absolute Gasteiger partial charge is 0.294 e. The average Bonchev–Trinajstić information content (AvgIpc) is 2.68. The Morgan fingerprint density at radius 1 is 0.724 bits per heavy atom. The first-order valence-electron chi connectivity index (χ1n) is 8.60. The van der Waals surface area contributed by atoms with Gasteiger partial charge in [0.2, 0.25) is 0 Å². The smallest absolute Gasteiger partial charge is 0.161 e. The molecule has 0 heterocycles. The van der Waals surface area contributed by atoms with Gasteiger partial charge in [-0.1, -0.05) is 18.2 Å². The maximum Gasteiger partial charge on any atom is 0.161 e. The van der Waals surface area contributed by atoms with E-state index in [-0.39, 0.29) is 44.4 Å². The van der Waals surface area contributed by atoms with E-state index >= 15 is 0 Å². The highest BCUT2D eigenvalue weighted by atomic mass is 16.1. The second-order valence-corrected chi connectivity index (χ2v) is 6.58.